The van der Waals surface area contributed by atoms with E-state index in [1.54, 1.807) is 12.1 Å². The molecule has 0 saturated carbocycles. The summed E-state index contributed by atoms with van der Waals surface area (Å²) in [5.74, 6) is 0.513. The van der Waals surface area contributed by atoms with E-state index >= 15 is 0 Å². The van der Waals surface area contributed by atoms with Gasteiger partial charge in [-0.1, -0.05) is 31.2 Å². The number of carbonyl (C=O) groups is 2. The lowest BCUT2D eigenvalue weighted by Gasteiger charge is -2.36. The predicted octanol–water partition coefficient (Wildman–Crippen LogP) is 4.60. The molecule has 1 aliphatic heterocycles. The number of nitrogens with one attached hydrogen (secondary N) is 2. The van der Waals surface area contributed by atoms with Gasteiger partial charge in [-0.2, -0.15) is 0 Å². The first kappa shape index (κ1) is 23.5. The summed E-state index contributed by atoms with van der Waals surface area (Å²) in [6, 6.07) is 20.0. The first-order chi connectivity index (χ1) is 17.5. The van der Waals surface area contributed by atoms with Gasteiger partial charge in [0.15, 0.2) is 0 Å². The van der Waals surface area contributed by atoms with Gasteiger partial charge in [0.1, 0.15) is 11.6 Å². The van der Waals surface area contributed by atoms with Gasteiger partial charge in [-0.3, -0.25) is 9.59 Å². The van der Waals surface area contributed by atoms with Gasteiger partial charge in [0, 0.05) is 50.3 Å². The number of rotatable bonds is 6. The van der Waals surface area contributed by atoms with E-state index in [0.29, 0.717) is 50.3 Å². The van der Waals surface area contributed by atoms with Crippen LogP contribution in [0.5, 0.6) is 0 Å². The SMILES string of the molecule is CCC(=O)Nc1ccc(Cc2nc3ccc(C(=O)N4CCN(c5ccccc5F)CC4)cc3[nH]2)cc1. The third-order valence-electron chi connectivity index (χ3n) is 6.47. The largest absolute Gasteiger partial charge is 0.366 e. The Balaban J connectivity index is 1.23. The van der Waals surface area contributed by atoms with Gasteiger partial charge in [-0.15, -0.1) is 0 Å². The molecule has 2 N–H and O–H groups in total. The topological polar surface area (TPSA) is 81.3 Å². The van der Waals surface area contributed by atoms with Crippen LogP contribution >= 0.6 is 0 Å². The molecule has 0 radical (unpaired) electrons. The molecule has 0 spiro atoms. The maximum Gasteiger partial charge on any atom is 0.254 e. The fourth-order valence-corrected chi connectivity index (χ4v) is 4.47. The molecule has 0 aliphatic carbocycles. The van der Waals surface area contributed by atoms with Crippen molar-refractivity contribution in [2.75, 3.05) is 36.4 Å². The van der Waals surface area contributed by atoms with E-state index in [4.69, 9.17) is 0 Å². The Bertz CT molecular complexity index is 1390. The highest BCUT2D eigenvalue weighted by molar-refractivity contribution is 5.97. The zero-order valence-electron chi connectivity index (χ0n) is 20.1. The minimum Gasteiger partial charge on any atom is -0.366 e. The highest BCUT2D eigenvalue weighted by Crippen LogP contribution is 2.22. The third-order valence-corrected chi connectivity index (χ3v) is 6.47. The zero-order chi connectivity index (χ0) is 25.1. The number of nitrogens with zero attached hydrogens (tertiary/aromatic N) is 3. The molecule has 0 unspecified atom stereocenters. The molecule has 4 aromatic rings. The number of hydrogen-bond acceptors (Lipinski definition) is 4. The summed E-state index contributed by atoms with van der Waals surface area (Å²) in [7, 11) is 0. The Morgan fingerprint density at radius 2 is 1.75 bits per heavy atom. The van der Waals surface area contributed by atoms with Crippen molar-refractivity contribution in [3.05, 3.63) is 89.5 Å². The van der Waals surface area contributed by atoms with Crippen molar-refractivity contribution in [1.82, 2.24) is 14.9 Å². The van der Waals surface area contributed by atoms with Crippen LogP contribution in [-0.4, -0.2) is 52.9 Å². The Morgan fingerprint density at radius 3 is 2.47 bits per heavy atom. The van der Waals surface area contributed by atoms with Gasteiger partial charge in [-0.05, 0) is 48.0 Å². The van der Waals surface area contributed by atoms with E-state index in [1.165, 1.54) is 6.07 Å². The molecule has 36 heavy (non-hydrogen) atoms. The minimum absolute atomic E-state index is 0.0163. The second-order valence-corrected chi connectivity index (χ2v) is 8.92. The molecular formula is C28H28FN5O2. The van der Waals surface area contributed by atoms with Crippen molar-refractivity contribution < 1.29 is 14.0 Å². The number of piperazine rings is 1. The van der Waals surface area contributed by atoms with Gasteiger partial charge in [-0.25, -0.2) is 9.37 Å². The van der Waals surface area contributed by atoms with E-state index < -0.39 is 0 Å². The number of aromatic nitrogens is 2. The summed E-state index contributed by atoms with van der Waals surface area (Å²) >= 11 is 0. The average molecular weight is 486 g/mol. The first-order valence-electron chi connectivity index (χ1n) is 12.2. The third kappa shape index (κ3) is 5.07. The number of amides is 2. The maximum absolute atomic E-state index is 14.1. The van der Waals surface area contributed by atoms with Crippen LogP contribution in [0.2, 0.25) is 0 Å². The van der Waals surface area contributed by atoms with E-state index in [0.717, 1.165) is 28.1 Å². The number of hydrogen-bond donors (Lipinski definition) is 2. The summed E-state index contributed by atoms with van der Waals surface area (Å²) in [4.78, 5) is 36.5. The van der Waals surface area contributed by atoms with Crippen LogP contribution in [-0.2, 0) is 11.2 Å². The molecule has 5 rings (SSSR count). The monoisotopic (exact) mass is 485 g/mol. The molecule has 0 atom stereocenters. The molecule has 1 fully saturated rings. The summed E-state index contributed by atoms with van der Waals surface area (Å²) in [6.45, 7) is 4.06. The number of para-hydroxylation sites is 1. The van der Waals surface area contributed by atoms with Gasteiger partial charge >= 0.3 is 0 Å². The van der Waals surface area contributed by atoms with Crippen molar-refractivity contribution >= 4 is 34.2 Å². The molecule has 2 heterocycles. The predicted molar refractivity (Wildman–Crippen MR) is 139 cm³/mol. The standard InChI is InChI=1S/C28H28FN5O2/c1-2-27(35)30-21-10-7-19(8-11-21)17-26-31-23-12-9-20(18-24(23)32-26)28(36)34-15-13-33(14-16-34)25-6-4-3-5-22(25)29/h3-12,18H,2,13-17H2,1H3,(H,30,35)(H,31,32). The zero-order valence-corrected chi connectivity index (χ0v) is 20.1. The van der Waals surface area contributed by atoms with Crippen LogP contribution in [0.25, 0.3) is 11.0 Å². The summed E-state index contributed by atoms with van der Waals surface area (Å²) in [6.07, 6.45) is 1.05. The minimum atomic E-state index is -0.239. The second-order valence-electron chi connectivity index (χ2n) is 8.92. The lowest BCUT2D eigenvalue weighted by atomic mass is 10.1. The fraction of sp³-hybridized carbons (Fsp3) is 0.250. The van der Waals surface area contributed by atoms with E-state index in [2.05, 4.69) is 15.3 Å². The Hall–Kier alpha value is -4.20. The number of aromatic amines is 1. The molecule has 8 heteroatoms. The van der Waals surface area contributed by atoms with E-state index in [1.807, 2.05) is 65.3 Å². The van der Waals surface area contributed by atoms with Crippen LogP contribution in [0.15, 0.2) is 66.7 Å². The van der Waals surface area contributed by atoms with Crippen molar-refractivity contribution in [3.63, 3.8) is 0 Å². The highest BCUT2D eigenvalue weighted by Gasteiger charge is 2.24. The number of H-pyrrole nitrogens is 1. The summed E-state index contributed by atoms with van der Waals surface area (Å²) < 4.78 is 14.1. The van der Waals surface area contributed by atoms with Crippen LogP contribution in [0.4, 0.5) is 15.8 Å². The van der Waals surface area contributed by atoms with Crippen LogP contribution in [0.3, 0.4) is 0 Å². The molecule has 2 amide bonds. The Kier molecular flexibility index (Phi) is 6.66. The molecule has 1 aromatic heterocycles. The van der Waals surface area contributed by atoms with E-state index in [9.17, 15) is 14.0 Å². The van der Waals surface area contributed by atoms with Crippen molar-refractivity contribution in [3.8, 4) is 0 Å². The van der Waals surface area contributed by atoms with Crippen molar-refractivity contribution in [2.24, 2.45) is 0 Å². The Morgan fingerprint density at radius 1 is 1.00 bits per heavy atom. The van der Waals surface area contributed by atoms with Gasteiger partial charge in [0.05, 0.1) is 16.7 Å². The smallest absolute Gasteiger partial charge is 0.254 e. The maximum atomic E-state index is 14.1. The number of anilines is 2. The highest BCUT2D eigenvalue weighted by atomic mass is 19.1. The van der Waals surface area contributed by atoms with Crippen LogP contribution in [0, 0.1) is 5.82 Å². The fourth-order valence-electron chi connectivity index (χ4n) is 4.47. The molecule has 7 nitrogen and oxygen atoms in total. The number of benzene rings is 3. The normalized spacial score (nSPS) is 13.7. The first-order valence-corrected chi connectivity index (χ1v) is 12.2. The summed E-state index contributed by atoms with van der Waals surface area (Å²) in [5.41, 5.74) is 4.63. The lowest BCUT2D eigenvalue weighted by molar-refractivity contribution is -0.115. The second kappa shape index (κ2) is 10.2. The van der Waals surface area contributed by atoms with Crippen LogP contribution < -0.4 is 10.2 Å². The van der Waals surface area contributed by atoms with Crippen LogP contribution in [0.1, 0.15) is 35.1 Å². The molecule has 184 valence electrons. The van der Waals surface area contributed by atoms with Gasteiger partial charge in [0.25, 0.3) is 5.91 Å². The molecule has 3 aromatic carbocycles. The van der Waals surface area contributed by atoms with Gasteiger partial charge < -0.3 is 20.1 Å². The average Bonchev–Trinajstić information content (AvgIpc) is 3.31. The molecule has 1 saturated heterocycles. The Labute approximate surface area is 208 Å². The molecule has 1 aliphatic rings. The number of fused-ring (bicyclic) bond motifs is 1. The van der Waals surface area contributed by atoms with Gasteiger partial charge in [0.2, 0.25) is 5.91 Å². The summed E-state index contributed by atoms with van der Waals surface area (Å²) in [5, 5.41) is 2.84. The molecular weight excluding hydrogens is 457 g/mol. The van der Waals surface area contributed by atoms with Crippen molar-refractivity contribution in [2.45, 2.75) is 19.8 Å². The quantitative estimate of drug-likeness (QED) is 0.418. The lowest BCUT2D eigenvalue weighted by Crippen LogP contribution is -2.49. The number of imidazole rings is 1. The van der Waals surface area contributed by atoms with Crippen molar-refractivity contribution in [1.29, 1.82) is 0 Å². The van der Waals surface area contributed by atoms with E-state index in [-0.39, 0.29) is 17.6 Å². The number of carbonyl (C=O) groups excluding carboxylic acids is 2. The molecule has 0 bridgehead atoms. The number of halogens is 1.